The molecule has 5 rings (SSSR count). The van der Waals surface area contributed by atoms with E-state index in [1.54, 1.807) is 43.0 Å². The number of benzene rings is 2. The van der Waals surface area contributed by atoms with Gasteiger partial charge in [-0.05, 0) is 77.5 Å². The van der Waals surface area contributed by atoms with E-state index in [4.69, 9.17) is 0 Å². The predicted molar refractivity (Wildman–Crippen MR) is 232 cm³/mol. The van der Waals surface area contributed by atoms with Crippen LogP contribution in [0.4, 0.5) is 9.59 Å². The smallest absolute Gasteiger partial charge is 0.407 e. The van der Waals surface area contributed by atoms with Crippen molar-refractivity contribution >= 4 is 23.9 Å². The van der Waals surface area contributed by atoms with Crippen molar-refractivity contribution in [3.8, 4) is 11.1 Å². The molecule has 0 spiro atoms. The molecule has 2 aromatic carbocycles. The fourth-order valence-electron chi connectivity index (χ4n) is 8.13. The number of hydrogen-bond acceptors (Lipinski definition) is 7. The maximum absolute atomic E-state index is 14.6. The van der Waals surface area contributed by atoms with Gasteiger partial charge in [0.05, 0.1) is 24.4 Å². The molecule has 0 unspecified atom stereocenters. The van der Waals surface area contributed by atoms with Crippen molar-refractivity contribution in [1.82, 2.24) is 35.3 Å². The van der Waals surface area contributed by atoms with E-state index < -0.39 is 53.1 Å². The lowest BCUT2D eigenvalue weighted by Gasteiger charge is -2.38. The summed E-state index contributed by atoms with van der Waals surface area (Å²) < 4.78 is 0. The highest BCUT2D eigenvalue weighted by molar-refractivity contribution is 5.89. The number of urea groups is 1. The summed E-state index contributed by atoms with van der Waals surface area (Å²) in [6.45, 7) is 14.2. The number of carbonyl (C=O) groups is 4. The number of likely N-dealkylation sites (N-methyl/N-ethyl adjacent to an activating group) is 1. The summed E-state index contributed by atoms with van der Waals surface area (Å²) in [7, 11) is 1.36. The Bertz CT molecular complexity index is 2070. The lowest BCUT2D eigenvalue weighted by atomic mass is 9.84. The first-order valence-electron chi connectivity index (χ1n) is 20.6. The van der Waals surface area contributed by atoms with Gasteiger partial charge in [-0.1, -0.05) is 108 Å². The van der Waals surface area contributed by atoms with E-state index in [9.17, 15) is 29.4 Å². The van der Waals surface area contributed by atoms with Crippen LogP contribution < -0.4 is 10.6 Å². The van der Waals surface area contributed by atoms with E-state index >= 15 is 0 Å². The van der Waals surface area contributed by atoms with E-state index in [0.29, 0.717) is 26.1 Å². The number of aryl methyl sites for hydroxylation is 1. The normalized spacial score (nSPS) is 15.8. The Hall–Kier alpha value is -5.82. The summed E-state index contributed by atoms with van der Waals surface area (Å²) >= 11 is 0. The summed E-state index contributed by atoms with van der Waals surface area (Å²) in [4.78, 5) is 67.9. The fraction of sp³-hybridized carbons (Fsp3) is 0.447. The Kier molecular flexibility index (Phi) is 14.7. The second-order valence-corrected chi connectivity index (χ2v) is 18.1. The highest BCUT2D eigenvalue weighted by Gasteiger charge is 2.44. The summed E-state index contributed by atoms with van der Waals surface area (Å²) in [6.07, 6.45) is 1.68. The van der Waals surface area contributed by atoms with Gasteiger partial charge in [-0.25, -0.2) is 9.59 Å². The molecule has 2 aromatic heterocycles. The molecule has 5 atom stereocenters. The highest BCUT2D eigenvalue weighted by Crippen LogP contribution is 2.30. The molecular weight excluding hydrogens is 759 g/mol. The van der Waals surface area contributed by atoms with E-state index in [1.165, 1.54) is 7.05 Å². The van der Waals surface area contributed by atoms with Crippen molar-refractivity contribution < 1.29 is 29.4 Å². The van der Waals surface area contributed by atoms with Crippen LogP contribution in [0.1, 0.15) is 70.5 Å². The monoisotopic (exact) mass is 819 g/mol. The van der Waals surface area contributed by atoms with Gasteiger partial charge in [0.25, 0.3) is 0 Å². The maximum Gasteiger partial charge on any atom is 0.407 e. The van der Waals surface area contributed by atoms with Crippen LogP contribution >= 0.6 is 0 Å². The number of aliphatic hydroxyl groups is 1. The van der Waals surface area contributed by atoms with E-state index in [1.807, 2.05) is 113 Å². The van der Waals surface area contributed by atoms with Crippen LogP contribution in [-0.4, -0.2) is 109 Å². The van der Waals surface area contributed by atoms with Crippen LogP contribution in [0.5, 0.6) is 0 Å². The van der Waals surface area contributed by atoms with Crippen LogP contribution in [0, 0.1) is 17.8 Å². The Morgan fingerprint density at radius 3 is 2.08 bits per heavy atom. The summed E-state index contributed by atoms with van der Waals surface area (Å²) in [5, 5.41) is 28.4. The summed E-state index contributed by atoms with van der Waals surface area (Å²) in [5.74, 6) is -0.889. The molecule has 13 nitrogen and oxygen atoms in total. The number of hydrogen-bond donors (Lipinski definition) is 4. The van der Waals surface area contributed by atoms with Gasteiger partial charge in [0.2, 0.25) is 11.8 Å². The number of amides is 5. The van der Waals surface area contributed by atoms with E-state index in [0.717, 1.165) is 38.5 Å². The van der Waals surface area contributed by atoms with Gasteiger partial charge in [-0.2, -0.15) is 0 Å². The van der Waals surface area contributed by atoms with Gasteiger partial charge < -0.3 is 30.6 Å². The molecule has 0 saturated carbocycles. The molecule has 1 aliphatic rings. The standard InChI is InChI=1S/C47H61N7O6/c1-31-14-12-18-36(49-31)30-53-24-25-54(44(53)58)41(47(5,6)7)43(57)50-37(26-32-15-10-9-11-16-32)28-39(55)38(51-42(56)40(46(2,3)4)52(8)45(59)60)27-33-19-21-34(22-20-33)35-17-13-23-48-29-35/h9-23,29,37-41,55H,24-28,30H2,1-8H3,(H,50,57)(H,51,56)(H,59,60)/t37-,38-,39-,40+,41+/m0/s1. The molecular formula is C47H61N7O6. The Morgan fingerprint density at radius 2 is 1.48 bits per heavy atom. The molecule has 4 N–H and O–H groups in total. The molecule has 60 heavy (non-hydrogen) atoms. The van der Waals surface area contributed by atoms with Crippen molar-refractivity contribution in [2.45, 2.75) is 105 Å². The Morgan fingerprint density at radius 1 is 0.800 bits per heavy atom. The largest absolute Gasteiger partial charge is 0.465 e. The minimum Gasteiger partial charge on any atom is -0.465 e. The second-order valence-electron chi connectivity index (χ2n) is 18.1. The van der Waals surface area contributed by atoms with E-state index in [2.05, 4.69) is 20.6 Å². The first kappa shape index (κ1) is 45.3. The van der Waals surface area contributed by atoms with Gasteiger partial charge in [0.15, 0.2) is 0 Å². The third-order valence-electron chi connectivity index (χ3n) is 11.0. The molecule has 1 saturated heterocycles. The van der Waals surface area contributed by atoms with Gasteiger partial charge >= 0.3 is 12.1 Å². The van der Waals surface area contributed by atoms with Crippen molar-refractivity contribution in [1.29, 1.82) is 0 Å². The van der Waals surface area contributed by atoms with Crippen LogP contribution in [0.15, 0.2) is 97.3 Å². The first-order valence-corrected chi connectivity index (χ1v) is 20.6. The van der Waals surface area contributed by atoms with Crippen LogP contribution in [0.25, 0.3) is 11.1 Å². The Balaban J connectivity index is 1.42. The average Bonchev–Trinajstić information content (AvgIpc) is 3.52. The van der Waals surface area contributed by atoms with Gasteiger partial charge in [-0.3, -0.25) is 24.5 Å². The molecule has 3 heterocycles. The van der Waals surface area contributed by atoms with Crippen molar-refractivity contribution in [2.75, 3.05) is 20.1 Å². The summed E-state index contributed by atoms with van der Waals surface area (Å²) in [5.41, 5.74) is 3.87. The highest BCUT2D eigenvalue weighted by atomic mass is 16.4. The number of nitrogens with zero attached hydrogens (tertiary/aromatic N) is 5. The van der Waals surface area contributed by atoms with Gasteiger partial charge in [-0.15, -0.1) is 0 Å². The van der Waals surface area contributed by atoms with Crippen molar-refractivity contribution in [3.05, 3.63) is 120 Å². The fourth-order valence-corrected chi connectivity index (χ4v) is 8.13. The zero-order valence-corrected chi connectivity index (χ0v) is 36.1. The average molecular weight is 820 g/mol. The predicted octanol–water partition coefficient (Wildman–Crippen LogP) is 6.33. The lowest BCUT2D eigenvalue weighted by molar-refractivity contribution is -0.131. The number of carboxylic acid groups (broad SMARTS) is 1. The molecule has 320 valence electrons. The third kappa shape index (κ3) is 11.9. The number of rotatable bonds is 16. The third-order valence-corrected chi connectivity index (χ3v) is 11.0. The Labute approximate surface area is 354 Å². The minimum atomic E-state index is -1.25. The molecule has 4 aromatic rings. The van der Waals surface area contributed by atoms with Gasteiger partial charge in [0.1, 0.15) is 12.1 Å². The first-order chi connectivity index (χ1) is 28.3. The molecule has 0 radical (unpaired) electrons. The summed E-state index contributed by atoms with van der Waals surface area (Å²) in [6, 6.07) is 23.3. The molecule has 1 fully saturated rings. The van der Waals surface area contributed by atoms with Crippen molar-refractivity contribution in [2.24, 2.45) is 10.8 Å². The zero-order valence-electron chi connectivity index (χ0n) is 36.1. The number of aromatic nitrogens is 2. The quantitative estimate of drug-likeness (QED) is 0.102. The van der Waals surface area contributed by atoms with Crippen LogP contribution in [0.3, 0.4) is 0 Å². The second kappa shape index (κ2) is 19.5. The van der Waals surface area contributed by atoms with E-state index in [-0.39, 0.29) is 24.8 Å². The molecule has 5 amide bonds. The molecule has 0 bridgehead atoms. The number of aliphatic hydroxyl groups excluding tert-OH is 1. The maximum atomic E-state index is 14.6. The molecule has 1 aliphatic heterocycles. The van der Waals surface area contributed by atoms with Gasteiger partial charge in [0, 0.05) is 44.3 Å². The number of carbonyl (C=O) groups excluding carboxylic acids is 3. The SMILES string of the molecule is Cc1cccc(CN2CCN([C@H](C(=O)N[C@@H](Cc3ccccc3)C[C@H](O)[C@H](Cc3ccc(-c4cccnc4)cc3)NC(=O)[C@@H](N(C)C(=O)O)C(C)(C)C)C(C)(C)C)C2=O)n1. The zero-order chi connectivity index (χ0) is 43.8. The number of nitrogens with one attached hydrogen (secondary N) is 2. The lowest BCUT2D eigenvalue weighted by Crippen LogP contribution is -2.59. The van der Waals surface area contributed by atoms with Crippen molar-refractivity contribution in [3.63, 3.8) is 0 Å². The molecule has 0 aliphatic carbocycles. The molecule has 13 heteroatoms. The minimum absolute atomic E-state index is 0.0459. The van der Waals surface area contributed by atoms with Crippen LogP contribution in [0.2, 0.25) is 0 Å². The number of pyridine rings is 2. The van der Waals surface area contributed by atoms with Crippen LogP contribution in [-0.2, 0) is 29.0 Å². The topological polar surface area (TPSA) is 168 Å².